The van der Waals surface area contributed by atoms with E-state index in [4.69, 9.17) is 5.26 Å². The summed E-state index contributed by atoms with van der Waals surface area (Å²) in [7, 11) is 0. The van der Waals surface area contributed by atoms with Crippen LogP contribution in [-0.4, -0.2) is 16.0 Å². The molecule has 1 aromatic carbocycles. The van der Waals surface area contributed by atoms with Gasteiger partial charge in [-0.25, -0.2) is 4.39 Å². The van der Waals surface area contributed by atoms with E-state index >= 15 is 0 Å². The largest absolute Gasteiger partial charge is 0.506 e. The molecule has 0 spiro atoms. The number of hydrogen-bond acceptors (Lipinski definition) is 4. The van der Waals surface area contributed by atoms with E-state index in [9.17, 15) is 14.3 Å². The summed E-state index contributed by atoms with van der Waals surface area (Å²) in [6, 6.07) is 6.82. The lowest BCUT2D eigenvalue weighted by atomic mass is 10.1. The molecule has 0 bridgehead atoms. The second-order valence-corrected chi connectivity index (χ2v) is 3.66. The van der Waals surface area contributed by atoms with Crippen LogP contribution < -0.4 is 5.32 Å². The highest BCUT2D eigenvalue weighted by Gasteiger charge is 2.12. The number of amides is 1. The second-order valence-electron chi connectivity index (χ2n) is 3.66. The van der Waals surface area contributed by atoms with E-state index in [0.717, 1.165) is 6.07 Å². The Morgan fingerprint density at radius 2 is 2.21 bits per heavy atom. The average molecular weight is 257 g/mol. The van der Waals surface area contributed by atoms with Gasteiger partial charge in [-0.2, -0.15) is 5.26 Å². The Kier molecular flexibility index (Phi) is 3.39. The monoisotopic (exact) mass is 257 g/mol. The number of halogens is 1. The van der Waals surface area contributed by atoms with E-state index in [1.54, 1.807) is 6.07 Å². The van der Waals surface area contributed by atoms with Crippen LogP contribution >= 0.6 is 0 Å². The van der Waals surface area contributed by atoms with Crippen LogP contribution in [0.25, 0.3) is 0 Å². The predicted molar refractivity (Wildman–Crippen MR) is 65.0 cm³/mol. The van der Waals surface area contributed by atoms with Crippen molar-refractivity contribution in [1.82, 2.24) is 4.98 Å². The fourth-order valence-electron chi connectivity index (χ4n) is 1.49. The quantitative estimate of drug-likeness (QED) is 0.862. The molecule has 0 aliphatic carbocycles. The molecule has 2 N–H and O–H groups in total. The SMILES string of the molecule is N#Cc1c(F)cccc1NC(=O)c1cncc(O)c1. The number of nitrogens with one attached hydrogen (secondary N) is 1. The molecule has 19 heavy (non-hydrogen) atoms. The van der Waals surface area contributed by atoms with E-state index in [0.29, 0.717) is 0 Å². The molecule has 2 aromatic rings. The average Bonchev–Trinajstić information content (AvgIpc) is 2.39. The van der Waals surface area contributed by atoms with E-state index in [2.05, 4.69) is 10.3 Å². The summed E-state index contributed by atoms with van der Waals surface area (Å²) in [5.74, 6) is -1.47. The number of carbonyl (C=O) groups excluding carboxylic acids is 1. The van der Waals surface area contributed by atoms with Crippen molar-refractivity contribution < 1.29 is 14.3 Å². The summed E-state index contributed by atoms with van der Waals surface area (Å²) >= 11 is 0. The van der Waals surface area contributed by atoms with Crippen LogP contribution in [0.1, 0.15) is 15.9 Å². The van der Waals surface area contributed by atoms with Crippen molar-refractivity contribution in [1.29, 1.82) is 5.26 Å². The molecule has 0 aliphatic heterocycles. The van der Waals surface area contributed by atoms with Crippen LogP contribution in [0.2, 0.25) is 0 Å². The molecule has 94 valence electrons. The molecule has 1 heterocycles. The number of anilines is 1. The molecule has 0 saturated heterocycles. The van der Waals surface area contributed by atoms with Crippen molar-refractivity contribution in [3.8, 4) is 11.8 Å². The summed E-state index contributed by atoms with van der Waals surface area (Å²) < 4.78 is 13.3. The topological polar surface area (TPSA) is 86.0 Å². The van der Waals surface area contributed by atoms with E-state index < -0.39 is 11.7 Å². The molecule has 0 atom stereocenters. The Balaban J connectivity index is 2.30. The summed E-state index contributed by atoms with van der Waals surface area (Å²) in [6.45, 7) is 0. The summed E-state index contributed by atoms with van der Waals surface area (Å²) in [4.78, 5) is 15.5. The second kappa shape index (κ2) is 5.14. The van der Waals surface area contributed by atoms with Crippen LogP contribution in [-0.2, 0) is 0 Å². The van der Waals surface area contributed by atoms with Gasteiger partial charge in [-0.05, 0) is 18.2 Å². The maximum absolute atomic E-state index is 13.3. The first-order chi connectivity index (χ1) is 9.11. The molecular weight excluding hydrogens is 249 g/mol. The van der Waals surface area contributed by atoms with Crippen LogP contribution in [0.4, 0.5) is 10.1 Å². The summed E-state index contributed by atoms with van der Waals surface area (Å²) in [5, 5.41) is 20.4. The van der Waals surface area contributed by atoms with Gasteiger partial charge >= 0.3 is 0 Å². The molecule has 6 heteroatoms. The third kappa shape index (κ3) is 2.66. The number of benzene rings is 1. The molecule has 0 unspecified atom stereocenters. The normalized spacial score (nSPS) is 9.68. The summed E-state index contributed by atoms with van der Waals surface area (Å²) in [6.07, 6.45) is 2.43. The lowest BCUT2D eigenvalue weighted by Gasteiger charge is -2.07. The number of aromatic nitrogens is 1. The minimum Gasteiger partial charge on any atom is -0.506 e. The van der Waals surface area contributed by atoms with Gasteiger partial charge in [-0.1, -0.05) is 6.07 Å². The molecule has 5 nitrogen and oxygen atoms in total. The number of pyridine rings is 1. The van der Waals surface area contributed by atoms with Gasteiger partial charge in [-0.3, -0.25) is 9.78 Å². The minimum atomic E-state index is -0.714. The maximum Gasteiger partial charge on any atom is 0.257 e. The highest BCUT2D eigenvalue weighted by atomic mass is 19.1. The van der Waals surface area contributed by atoms with Crippen molar-refractivity contribution in [2.24, 2.45) is 0 Å². The van der Waals surface area contributed by atoms with Crippen LogP contribution in [0.5, 0.6) is 5.75 Å². The Morgan fingerprint density at radius 1 is 1.42 bits per heavy atom. The van der Waals surface area contributed by atoms with Crippen molar-refractivity contribution >= 4 is 11.6 Å². The van der Waals surface area contributed by atoms with Crippen molar-refractivity contribution in [2.45, 2.75) is 0 Å². The van der Waals surface area contributed by atoms with E-state index in [1.165, 1.54) is 30.6 Å². The number of hydrogen-bond donors (Lipinski definition) is 2. The van der Waals surface area contributed by atoms with Crippen LogP contribution in [0.3, 0.4) is 0 Å². The van der Waals surface area contributed by atoms with Gasteiger partial charge in [0, 0.05) is 6.20 Å². The van der Waals surface area contributed by atoms with Crippen molar-refractivity contribution in [3.63, 3.8) is 0 Å². The Morgan fingerprint density at radius 3 is 2.89 bits per heavy atom. The number of nitrogens with zero attached hydrogens (tertiary/aromatic N) is 2. The van der Waals surface area contributed by atoms with Gasteiger partial charge in [0.25, 0.3) is 5.91 Å². The standard InChI is InChI=1S/C13H8FN3O2/c14-11-2-1-3-12(10(11)5-15)17-13(19)8-4-9(18)7-16-6-8/h1-4,6-7,18H,(H,17,19). The number of aromatic hydroxyl groups is 1. The molecule has 0 fully saturated rings. The van der Waals surface area contributed by atoms with Gasteiger partial charge in [0.05, 0.1) is 17.4 Å². The molecule has 1 amide bonds. The van der Waals surface area contributed by atoms with Crippen molar-refractivity contribution in [2.75, 3.05) is 5.32 Å². The first-order valence-electron chi connectivity index (χ1n) is 5.26. The van der Waals surface area contributed by atoms with Crippen LogP contribution in [0, 0.1) is 17.1 Å². The number of carbonyl (C=O) groups is 1. The highest BCUT2D eigenvalue weighted by Crippen LogP contribution is 2.19. The first kappa shape index (κ1) is 12.5. The maximum atomic E-state index is 13.3. The van der Waals surface area contributed by atoms with Crippen LogP contribution in [0.15, 0.2) is 36.7 Å². The van der Waals surface area contributed by atoms with E-state index in [-0.39, 0.29) is 22.6 Å². The Hall–Kier alpha value is -2.94. The number of rotatable bonds is 2. The molecule has 0 aliphatic rings. The first-order valence-corrected chi connectivity index (χ1v) is 5.26. The highest BCUT2D eigenvalue weighted by molar-refractivity contribution is 6.04. The van der Waals surface area contributed by atoms with Gasteiger partial charge in [-0.15, -0.1) is 0 Å². The van der Waals surface area contributed by atoms with Gasteiger partial charge in [0.2, 0.25) is 0 Å². The van der Waals surface area contributed by atoms with Crippen molar-refractivity contribution in [3.05, 3.63) is 53.6 Å². The minimum absolute atomic E-state index is 0.0656. The van der Waals surface area contributed by atoms with Gasteiger partial charge in [0.1, 0.15) is 23.2 Å². The summed E-state index contributed by atoms with van der Waals surface area (Å²) in [5.41, 5.74) is -0.0760. The third-order valence-electron chi connectivity index (χ3n) is 2.36. The smallest absolute Gasteiger partial charge is 0.257 e. The zero-order chi connectivity index (χ0) is 13.8. The molecule has 2 rings (SSSR count). The van der Waals surface area contributed by atoms with E-state index in [1.807, 2.05) is 0 Å². The molecular formula is C13H8FN3O2. The Bertz CT molecular complexity index is 680. The lowest BCUT2D eigenvalue weighted by molar-refractivity contribution is 0.102. The number of nitriles is 1. The lowest BCUT2D eigenvalue weighted by Crippen LogP contribution is -2.13. The Labute approximate surface area is 108 Å². The fraction of sp³-hybridized carbons (Fsp3) is 0. The van der Waals surface area contributed by atoms with Gasteiger partial charge < -0.3 is 10.4 Å². The predicted octanol–water partition coefficient (Wildman–Crippen LogP) is 2.05. The molecule has 0 saturated carbocycles. The zero-order valence-corrected chi connectivity index (χ0v) is 9.59. The molecule has 1 aromatic heterocycles. The fourth-order valence-corrected chi connectivity index (χ4v) is 1.49. The third-order valence-corrected chi connectivity index (χ3v) is 2.36. The molecule has 0 radical (unpaired) electrons. The van der Waals surface area contributed by atoms with Gasteiger partial charge in [0.15, 0.2) is 0 Å². The zero-order valence-electron chi connectivity index (χ0n) is 9.59.